The van der Waals surface area contributed by atoms with Crippen molar-refractivity contribution in [3.05, 3.63) is 80.1 Å². The van der Waals surface area contributed by atoms with Gasteiger partial charge in [0, 0.05) is 28.2 Å². The molecule has 0 bridgehead atoms. The van der Waals surface area contributed by atoms with E-state index in [4.69, 9.17) is 23.2 Å². The zero-order valence-electron chi connectivity index (χ0n) is 19.1. The second-order valence-corrected chi connectivity index (χ2v) is 9.89. The monoisotopic (exact) mass is 613 g/mol. The summed E-state index contributed by atoms with van der Waals surface area (Å²) in [4.78, 5) is 30.4. The van der Waals surface area contributed by atoms with Gasteiger partial charge in [-0.3, -0.25) is 9.59 Å². The fourth-order valence-electron chi connectivity index (χ4n) is 3.53. The number of aromatic nitrogens is 3. The quantitative estimate of drug-likeness (QED) is 0.256. The Morgan fingerprint density at radius 3 is 2.46 bits per heavy atom. The first-order valence-corrected chi connectivity index (χ1v) is 12.2. The number of fused-ring (bicyclic) bond motifs is 1. The molecule has 0 fully saturated rings. The molecule has 13 heteroatoms. The van der Waals surface area contributed by atoms with Gasteiger partial charge in [-0.25, -0.2) is 9.67 Å². The number of pyridine rings is 1. The number of nitrogens with one attached hydrogen (secondary N) is 2. The van der Waals surface area contributed by atoms with Crippen molar-refractivity contribution in [1.82, 2.24) is 20.1 Å². The third-order valence-electron chi connectivity index (χ3n) is 5.11. The van der Waals surface area contributed by atoms with Gasteiger partial charge in [0.25, 0.3) is 11.8 Å². The van der Waals surface area contributed by atoms with Crippen molar-refractivity contribution in [2.45, 2.75) is 26.1 Å². The zero-order valence-corrected chi connectivity index (χ0v) is 22.2. The molecule has 0 aliphatic carbocycles. The van der Waals surface area contributed by atoms with Crippen LogP contribution in [0, 0.1) is 0 Å². The van der Waals surface area contributed by atoms with Gasteiger partial charge in [-0.15, -0.1) is 0 Å². The number of rotatable bonds is 5. The van der Waals surface area contributed by atoms with Gasteiger partial charge in [0.05, 0.1) is 21.3 Å². The fraction of sp³-hybridized carbons (Fsp3) is 0.167. The number of hydrogen-bond acceptors (Lipinski definition) is 4. The summed E-state index contributed by atoms with van der Waals surface area (Å²) < 4.78 is 42.0. The molecule has 0 saturated carbocycles. The lowest BCUT2D eigenvalue weighted by Gasteiger charge is -2.17. The van der Waals surface area contributed by atoms with Crippen molar-refractivity contribution in [2.75, 3.05) is 5.32 Å². The van der Waals surface area contributed by atoms with E-state index >= 15 is 0 Å². The highest BCUT2D eigenvalue weighted by Gasteiger charge is 2.37. The van der Waals surface area contributed by atoms with Crippen LogP contribution in [0.1, 0.15) is 40.4 Å². The van der Waals surface area contributed by atoms with E-state index in [1.807, 2.05) is 0 Å². The van der Waals surface area contributed by atoms with Gasteiger partial charge in [0.2, 0.25) is 0 Å². The van der Waals surface area contributed by atoms with Crippen molar-refractivity contribution in [3.8, 4) is 5.82 Å². The number of carbonyl (C=O) groups is 2. The van der Waals surface area contributed by atoms with Crippen LogP contribution >= 0.6 is 39.1 Å². The molecule has 0 spiro atoms. The van der Waals surface area contributed by atoms with Crippen LogP contribution < -0.4 is 10.6 Å². The predicted molar refractivity (Wildman–Crippen MR) is 139 cm³/mol. The number of hydrogen-bond donors (Lipinski definition) is 2. The Balaban J connectivity index is 1.87. The van der Waals surface area contributed by atoms with Gasteiger partial charge in [-0.1, -0.05) is 45.2 Å². The van der Waals surface area contributed by atoms with Crippen LogP contribution in [0.4, 0.5) is 18.9 Å². The lowest BCUT2D eigenvalue weighted by molar-refractivity contribution is -0.141. The van der Waals surface area contributed by atoms with Gasteiger partial charge in [0.1, 0.15) is 5.69 Å². The minimum atomic E-state index is -4.85. The van der Waals surface area contributed by atoms with E-state index in [0.717, 1.165) is 4.47 Å². The molecular formula is C24H17BrCl2F3N5O2. The van der Waals surface area contributed by atoms with Crippen LogP contribution in [0.25, 0.3) is 16.6 Å². The van der Waals surface area contributed by atoms with Gasteiger partial charge in [-0.05, 0) is 49.6 Å². The Labute approximate surface area is 227 Å². The summed E-state index contributed by atoms with van der Waals surface area (Å²) in [6.45, 7) is 3.51. The van der Waals surface area contributed by atoms with Crippen LogP contribution in [-0.4, -0.2) is 32.6 Å². The number of benzene rings is 2. The third-order valence-corrected chi connectivity index (χ3v) is 6.29. The Morgan fingerprint density at radius 2 is 1.81 bits per heavy atom. The smallest absolute Gasteiger partial charge is 0.350 e. The van der Waals surface area contributed by atoms with Crippen molar-refractivity contribution in [1.29, 1.82) is 0 Å². The summed E-state index contributed by atoms with van der Waals surface area (Å²) in [6, 6.07) is 9.89. The summed E-state index contributed by atoms with van der Waals surface area (Å²) >= 11 is 16.1. The fourth-order valence-corrected chi connectivity index (χ4v) is 4.43. The number of halogens is 6. The van der Waals surface area contributed by atoms with Gasteiger partial charge in [0.15, 0.2) is 11.5 Å². The normalized spacial score (nSPS) is 11.7. The molecule has 4 aromatic rings. The van der Waals surface area contributed by atoms with E-state index < -0.39 is 29.4 Å². The van der Waals surface area contributed by atoms with Gasteiger partial charge in [-0.2, -0.15) is 18.3 Å². The highest BCUT2D eigenvalue weighted by Crippen LogP contribution is 2.37. The van der Waals surface area contributed by atoms with Crippen LogP contribution in [0.2, 0.25) is 10.0 Å². The van der Waals surface area contributed by atoms with E-state index in [2.05, 4.69) is 36.6 Å². The van der Waals surface area contributed by atoms with E-state index in [0.29, 0.717) is 21.5 Å². The van der Waals surface area contributed by atoms with Gasteiger partial charge >= 0.3 is 6.18 Å². The molecule has 192 valence electrons. The molecule has 0 saturated heterocycles. The number of alkyl halides is 3. The largest absolute Gasteiger partial charge is 0.435 e. The SMILES string of the molecule is CC(C)NC(=O)c1cc2cc(Br)ccc2c(Cl)c1NC(=O)c1cc(C(F)(F)F)nn1-c1ncccc1Cl. The summed E-state index contributed by atoms with van der Waals surface area (Å²) in [5, 5.41) is 9.89. The Bertz CT molecular complexity index is 1540. The summed E-state index contributed by atoms with van der Waals surface area (Å²) in [5.41, 5.74) is -1.90. The van der Waals surface area contributed by atoms with Crippen molar-refractivity contribution < 1.29 is 22.8 Å². The topological polar surface area (TPSA) is 88.9 Å². The maximum Gasteiger partial charge on any atom is 0.435 e. The summed E-state index contributed by atoms with van der Waals surface area (Å²) in [5.74, 6) is -1.73. The first-order chi connectivity index (χ1) is 17.4. The molecular weight excluding hydrogens is 598 g/mol. The Kier molecular flexibility index (Phi) is 7.50. The lowest BCUT2D eigenvalue weighted by atomic mass is 10.0. The lowest BCUT2D eigenvalue weighted by Crippen LogP contribution is -2.31. The van der Waals surface area contributed by atoms with Crippen LogP contribution in [0.3, 0.4) is 0 Å². The molecule has 0 radical (unpaired) electrons. The molecule has 2 amide bonds. The number of carbonyl (C=O) groups excluding carboxylic acids is 2. The highest BCUT2D eigenvalue weighted by molar-refractivity contribution is 9.10. The first-order valence-electron chi connectivity index (χ1n) is 10.7. The number of nitrogens with zero attached hydrogens (tertiary/aromatic N) is 3. The molecule has 2 heterocycles. The predicted octanol–water partition coefficient (Wildman–Crippen LogP) is 6.90. The third kappa shape index (κ3) is 5.58. The zero-order chi connectivity index (χ0) is 27.1. The van der Waals surface area contributed by atoms with Crippen molar-refractivity contribution in [2.24, 2.45) is 0 Å². The maximum atomic E-state index is 13.5. The minimum absolute atomic E-state index is 0.0237. The van der Waals surface area contributed by atoms with Crippen LogP contribution in [0.15, 0.2) is 53.1 Å². The highest BCUT2D eigenvalue weighted by atomic mass is 79.9. The molecule has 0 aliphatic rings. The second-order valence-electron chi connectivity index (χ2n) is 8.19. The Morgan fingerprint density at radius 1 is 1.08 bits per heavy atom. The maximum absolute atomic E-state index is 13.5. The van der Waals surface area contributed by atoms with Crippen molar-refractivity contribution in [3.63, 3.8) is 0 Å². The van der Waals surface area contributed by atoms with E-state index in [9.17, 15) is 22.8 Å². The van der Waals surface area contributed by atoms with Gasteiger partial charge < -0.3 is 10.6 Å². The number of anilines is 1. The molecule has 0 atom stereocenters. The standard InChI is InChI=1S/C24H17BrCl2F3N5O2/c1-11(2)32-22(36)15-9-12-8-13(25)5-6-14(12)19(27)20(15)33-23(37)17-10-18(24(28,29)30)34-35(17)21-16(26)4-3-7-31-21/h3-11H,1-2H3,(H,32,36)(H,33,37). The molecule has 7 nitrogen and oxygen atoms in total. The molecule has 0 aliphatic heterocycles. The summed E-state index contributed by atoms with van der Waals surface area (Å²) in [7, 11) is 0. The second kappa shape index (κ2) is 10.3. The van der Waals surface area contributed by atoms with Crippen LogP contribution in [0.5, 0.6) is 0 Å². The first kappa shape index (κ1) is 26.9. The summed E-state index contributed by atoms with van der Waals surface area (Å²) in [6.07, 6.45) is -3.55. The Hall–Kier alpha value is -3.15. The van der Waals surface area contributed by atoms with E-state index in [1.54, 1.807) is 32.0 Å². The molecule has 4 rings (SSSR count). The average Bonchev–Trinajstić information content (AvgIpc) is 3.26. The molecule has 2 N–H and O–H groups in total. The molecule has 2 aromatic carbocycles. The van der Waals surface area contributed by atoms with Crippen LogP contribution in [-0.2, 0) is 6.18 Å². The number of amides is 2. The van der Waals surface area contributed by atoms with E-state index in [-0.39, 0.29) is 33.2 Å². The van der Waals surface area contributed by atoms with Crippen molar-refractivity contribution >= 4 is 67.4 Å². The van der Waals surface area contributed by atoms with E-state index in [1.165, 1.54) is 24.4 Å². The molecule has 37 heavy (non-hydrogen) atoms. The molecule has 2 aromatic heterocycles. The molecule has 0 unspecified atom stereocenters. The minimum Gasteiger partial charge on any atom is -0.350 e. The average molecular weight is 615 g/mol.